The van der Waals surface area contributed by atoms with Gasteiger partial charge in [-0.3, -0.25) is 0 Å². The van der Waals surface area contributed by atoms with Gasteiger partial charge in [0.25, 0.3) is 0 Å². The Hall–Kier alpha value is -3.35. The first-order valence-corrected chi connectivity index (χ1v) is 10.6. The van der Waals surface area contributed by atoms with Gasteiger partial charge in [0.05, 0.1) is 6.54 Å². The number of benzene rings is 2. The predicted molar refractivity (Wildman–Crippen MR) is 122 cm³/mol. The minimum atomic E-state index is -0.366. The van der Waals surface area contributed by atoms with Crippen molar-refractivity contribution >= 4 is 5.96 Å². The van der Waals surface area contributed by atoms with Gasteiger partial charge in [0.1, 0.15) is 11.9 Å². The summed E-state index contributed by atoms with van der Waals surface area (Å²) in [6, 6.07) is 16.7. The van der Waals surface area contributed by atoms with Crippen LogP contribution in [0.4, 0.5) is 4.39 Å². The lowest BCUT2D eigenvalue weighted by molar-refractivity contribution is 0.220. The highest BCUT2D eigenvalue weighted by Crippen LogP contribution is 2.17. The van der Waals surface area contributed by atoms with Crippen molar-refractivity contribution in [2.75, 3.05) is 19.6 Å². The van der Waals surface area contributed by atoms with E-state index in [0.29, 0.717) is 19.0 Å². The standard InChI is InChI=1S/C24H30FN5O/c1-3-26-24(29-17-19(2)31-22-12-8-7-11-21(22)25)28-14-13-23-27-15-16-30(23)18-20-9-5-4-6-10-20/h4-12,15-16,19H,3,13-14,17-18H2,1-2H3,(H2,26,28,29). The summed E-state index contributed by atoms with van der Waals surface area (Å²) in [6.07, 6.45) is 4.35. The lowest BCUT2D eigenvalue weighted by Gasteiger charge is -2.15. The van der Waals surface area contributed by atoms with Gasteiger partial charge in [-0.1, -0.05) is 42.5 Å². The van der Waals surface area contributed by atoms with Gasteiger partial charge in [0.2, 0.25) is 0 Å². The molecule has 0 radical (unpaired) electrons. The molecule has 0 aliphatic rings. The van der Waals surface area contributed by atoms with Crippen molar-refractivity contribution in [2.45, 2.75) is 32.9 Å². The van der Waals surface area contributed by atoms with Crippen LogP contribution in [0.3, 0.4) is 0 Å². The second kappa shape index (κ2) is 11.7. The highest BCUT2D eigenvalue weighted by molar-refractivity contribution is 5.79. The lowest BCUT2D eigenvalue weighted by Crippen LogP contribution is -2.39. The zero-order valence-corrected chi connectivity index (χ0v) is 18.1. The first-order valence-electron chi connectivity index (χ1n) is 10.6. The Kier molecular flexibility index (Phi) is 8.46. The number of ether oxygens (including phenoxy) is 1. The smallest absolute Gasteiger partial charge is 0.191 e. The quantitative estimate of drug-likeness (QED) is 0.386. The molecule has 0 aliphatic heterocycles. The van der Waals surface area contributed by atoms with Crippen molar-refractivity contribution in [1.29, 1.82) is 0 Å². The summed E-state index contributed by atoms with van der Waals surface area (Å²) in [5.74, 6) is 1.60. The highest BCUT2D eigenvalue weighted by Gasteiger charge is 2.09. The molecule has 0 fully saturated rings. The SMILES string of the molecule is CCNC(=NCC(C)Oc1ccccc1F)NCCc1nccn1Cc1ccccc1. The van der Waals surface area contributed by atoms with Crippen molar-refractivity contribution in [2.24, 2.45) is 4.99 Å². The van der Waals surface area contributed by atoms with E-state index in [2.05, 4.69) is 37.3 Å². The fourth-order valence-electron chi connectivity index (χ4n) is 3.14. The summed E-state index contributed by atoms with van der Waals surface area (Å²) < 4.78 is 21.6. The van der Waals surface area contributed by atoms with E-state index < -0.39 is 0 Å². The summed E-state index contributed by atoms with van der Waals surface area (Å²) in [7, 11) is 0. The molecule has 2 N–H and O–H groups in total. The van der Waals surface area contributed by atoms with Crippen LogP contribution in [-0.2, 0) is 13.0 Å². The Morgan fingerprint density at radius 1 is 1.13 bits per heavy atom. The van der Waals surface area contributed by atoms with E-state index in [1.807, 2.05) is 44.4 Å². The zero-order valence-electron chi connectivity index (χ0n) is 18.1. The van der Waals surface area contributed by atoms with Crippen LogP contribution >= 0.6 is 0 Å². The third-order valence-corrected chi connectivity index (χ3v) is 4.65. The van der Waals surface area contributed by atoms with Gasteiger partial charge >= 0.3 is 0 Å². The van der Waals surface area contributed by atoms with Crippen LogP contribution in [0.25, 0.3) is 0 Å². The summed E-state index contributed by atoms with van der Waals surface area (Å²) in [5.41, 5.74) is 1.24. The number of hydrogen-bond acceptors (Lipinski definition) is 3. The van der Waals surface area contributed by atoms with Gasteiger partial charge in [0, 0.05) is 38.4 Å². The van der Waals surface area contributed by atoms with Crippen LogP contribution < -0.4 is 15.4 Å². The zero-order chi connectivity index (χ0) is 21.9. The van der Waals surface area contributed by atoms with E-state index >= 15 is 0 Å². The Labute approximate surface area is 183 Å². The Morgan fingerprint density at radius 2 is 1.90 bits per heavy atom. The van der Waals surface area contributed by atoms with Crippen LogP contribution in [0.2, 0.25) is 0 Å². The van der Waals surface area contributed by atoms with E-state index in [-0.39, 0.29) is 17.7 Å². The van der Waals surface area contributed by atoms with Crippen molar-refractivity contribution in [3.05, 3.63) is 84.2 Å². The number of aromatic nitrogens is 2. The maximum absolute atomic E-state index is 13.7. The van der Waals surface area contributed by atoms with E-state index in [0.717, 1.165) is 25.3 Å². The number of guanidine groups is 1. The molecule has 1 heterocycles. The molecule has 6 nitrogen and oxygen atoms in total. The van der Waals surface area contributed by atoms with Crippen molar-refractivity contribution < 1.29 is 9.13 Å². The van der Waals surface area contributed by atoms with E-state index in [1.165, 1.54) is 11.6 Å². The van der Waals surface area contributed by atoms with Gasteiger partial charge in [0.15, 0.2) is 17.5 Å². The average molecular weight is 424 g/mol. The van der Waals surface area contributed by atoms with E-state index in [4.69, 9.17) is 4.74 Å². The fourth-order valence-corrected chi connectivity index (χ4v) is 3.14. The van der Waals surface area contributed by atoms with Crippen LogP contribution in [-0.4, -0.2) is 41.2 Å². The first-order chi connectivity index (χ1) is 15.2. The molecule has 0 spiro atoms. The molecule has 0 aliphatic carbocycles. The molecule has 1 atom stereocenters. The largest absolute Gasteiger partial charge is 0.486 e. The highest BCUT2D eigenvalue weighted by atomic mass is 19.1. The summed E-state index contributed by atoms with van der Waals surface area (Å²) in [5, 5.41) is 6.57. The normalized spacial score (nSPS) is 12.4. The third-order valence-electron chi connectivity index (χ3n) is 4.65. The second-order valence-corrected chi connectivity index (χ2v) is 7.21. The number of rotatable bonds is 10. The molecule has 0 bridgehead atoms. The molecule has 3 rings (SSSR count). The molecule has 31 heavy (non-hydrogen) atoms. The summed E-state index contributed by atoms with van der Waals surface area (Å²) in [4.78, 5) is 9.06. The third kappa shape index (κ3) is 7.13. The molecule has 2 aromatic carbocycles. The van der Waals surface area contributed by atoms with Crippen LogP contribution in [0, 0.1) is 5.82 Å². The van der Waals surface area contributed by atoms with E-state index in [1.54, 1.807) is 18.2 Å². The molecule has 0 saturated heterocycles. The van der Waals surface area contributed by atoms with Crippen LogP contribution in [0.5, 0.6) is 5.75 Å². The number of para-hydroxylation sites is 1. The minimum absolute atomic E-state index is 0.244. The number of halogens is 1. The summed E-state index contributed by atoms with van der Waals surface area (Å²) >= 11 is 0. The van der Waals surface area contributed by atoms with Crippen molar-refractivity contribution in [3.63, 3.8) is 0 Å². The van der Waals surface area contributed by atoms with Gasteiger partial charge in [-0.15, -0.1) is 0 Å². The molecule has 164 valence electrons. The second-order valence-electron chi connectivity index (χ2n) is 7.21. The molecule has 0 saturated carbocycles. The van der Waals surface area contributed by atoms with Gasteiger partial charge in [-0.2, -0.15) is 0 Å². The van der Waals surface area contributed by atoms with Gasteiger partial charge < -0.3 is 19.9 Å². The molecule has 7 heteroatoms. The Morgan fingerprint density at radius 3 is 2.68 bits per heavy atom. The fraction of sp³-hybridized carbons (Fsp3) is 0.333. The number of hydrogen-bond donors (Lipinski definition) is 2. The number of aliphatic imine (C=N–C) groups is 1. The molecule has 0 amide bonds. The summed E-state index contributed by atoms with van der Waals surface area (Å²) in [6.45, 7) is 6.54. The van der Waals surface area contributed by atoms with E-state index in [9.17, 15) is 4.39 Å². The van der Waals surface area contributed by atoms with Crippen molar-refractivity contribution in [1.82, 2.24) is 20.2 Å². The first kappa shape index (κ1) is 22.3. The van der Waals surface area contributed by atoms with Crippen molar-refractivity contribution in [3.8, 4) is 5.75 Å². The number of imidazole rings is 1. The Bertz CT molecular complexity index is 957. The predicted octanol–water partition coefficient (Wildman–Crippen LogP) is 3.64. The Balaban J connectivity index is 1.50. The maximum atomic E-state index is 13.7. The topological polar surface area (TPSA) is 63.5 Å². The molecule has 3 aromatic rings. The monoisotopic (exact) mass is 423 g/mol. The molecular weight excluding hydrogens is 393 g/mol. The van der Waals surface area contributed by atoms with Gasteiger partial charge in [-0.25, -0.2) is 14.4 Å². The molecular formula is C24H30FN5O. The average Bonchev–Trinajstić information content (AvgIpc) is 3.21. The molecule has 1 unspecified atom stereocenters. The van der Waals surface area contributed by atoms with Crippen LogP contribution in [0.15, 0.2) is 72.0 Å². The maximum Gasteiger partial charge on any atom is 0.191 e. The van der Waals surface area contributed by atoms with Crippen LogP contribution in [0.1, 0.15) is 25.2 Å². The minimum Gasteiger partial charge on any atom is -0.486 e. The molecule has 1 aromatic heterocycles. The number of nitrogens with one attached hydrogen (secondary N) is 2. The lowest BCUT2D eigenvalue weighted by atomic mass is 10.2. The van der Waals surface area contributed by atoms with Gasteiger partial charge in [-0.05, 0) is 31.5 Å². The number of nitrogens with zero attached hydrogens (tertiary/aromatic N) is 3.